The van der Waals surface area contributed by atoms with Gasteiger partial charge >= 0.3 is 0 Å². The van der Waals surface area contributed by atoms with Gasteiger partial charge in [-0.1, -0.05) is 149 Å². The molecule has 0 bridgehead atoms. The second kappa shape index (κ2) is 18.1. The minimum Gasteiger partial charge on any atom is -0.331 e. The minimum atomic E-state index is 0.349. The maximum atomic E-state index is 5.80. The van der Waals surface area contributed by atoms with Gasteiger partial charge in [0, 0.05) is 24.0 Å². The van der Waals surface area contributed by atoms with Gasteiger partial charge in [0.25, 0.3) is 0 Å². The van der Waals surface area contributed by atoms with E-state index in [4.69, 9.17) is 23.2 Å². The highest BCUT2D eigenvalue weighted by Gasteiger charge is 2.19. The third kappa shape index (κ3) is 10.9. The molecule has 0 atom stereocenters. The topological polar surface area (TPSA) is 17.8 Å². The second-order valence-corrected chi connectivity index (χ2v) is 11.0. The molecular formula is C33H45BCl2N2. The van der Waals surface area contributed by atoms with Crippen molar-refractivity contribution in [3.05, 3.63) is 101 Å². The number of rotatable bonds is 13. The van der Waals surface area contributed by atoms with Crippen LogP contribution in [0.5, 0.6) is 0 Å². The largest absolute Gasteiger partial charge is 0.331 e. The van der Waals surface area contributed by atoms with Crippen LogP contribution in [0.1, 0.15) is 89.0 Å². The number of allylic oxidation sites excluding steroid dienone is 2. The van der Waals surface area contributed by atoms with Crippen molar-refractivity contribution in [1.82, 2.24) is 9.55 Å². The Morgan fingerprint density at radius 1 is 0.842 bits per heavy atom. The fraction of sp³-hybridized carbons (Fsp3) is 0.424. The number of unbranched alkanes of at least 4 members (excludes halogenated alkanes) is 3. The molecule has 2 aromatic carbocycles. The number of halogens is 2. The first-order valence-corrected chi connectivity index (χ1v) is 15.0. The average Bonchev–Trinajstić information content (AvgIpc) is 3.38. The summed E-state index contributed by atoms with van der Waals surface area (Å²) in [5.74, 6) is 1.09. The Labute approximate surface area is 242 Å². The molecule has 2 nitrogen and oxygen atoms in total. The van der Waals surface area contributed by atoms with Crippen LogP contribution in [0.4, 0.5) is 0 Å². The van der Waals surface area contributed by atoms with Gasteiger partial charge in [-0.15, -0.1) is 0 Å². The molecule has 0 unspecified atom stereocenters. The molecule has 3 rings (SSSR count). The van der Waals surface area contributed by atoms with Crippen LogP contribution in [0.2, 0.25) is 6.32 Å². The Balaban J connectivity index is 0.000000293. The van der Waals surface area contributed by atoms with Crippen molar-refractivity contribution in [2.24, 2.45) is 0 Å². The molecule has 0 aliphatic carbocycles. The van der Waals surface area contributed by atoms with E-state index in [1.54, 1.807) is 11.1 Å². The van der Waals surface area contributed by atoms with E-state index in [-0.39, 0.29) is 0 Å². The first-order chi connectivity index (χ1) is 18.4. The zero-order chi connectivity index (χ0) is 27.8. The summed E-state index contributed by atoms with van der Waals surface area (Å²) in [6, 6.07) is 17.9. The number of imidazole rings is 1. The fourth-order valence-electron chi connectivity index (χ4n) is 4.53. The number of aromatic nitrogens is 2. The predicted molar refractivity (Wildman–Crippen MR) is 171 cm³/mol. The fourth-order valence-corrected chi connectivity index (χ4v) is 4.71. The molecular weight excluding hydrogens is 506 g/mol. The third-order valence-corrected chi connectivity index (χ3v) is 7.25. The van der Waals surface area contributed by atoms with E-state index in [9.17, 15) is 0 Å². The third-order valence-electron chi connectivity index (χ3n) is 6.90. The first-order valence-electron chi connectivity index (χ1n) is 14.1. The lowest BCUT2D eigenvalue weighted by Crippen LogP contribution is -2.42. The van der Waals surface area contributed by atoms with Gasteiger partial charge in [0.1, 0.15) is 0 Å². The van der Waals surface area contributed by atoms with Gasteiger partial charge in [-0.2, -0.15) is 0 Å². The molecule has 5 heteroatoms. The number of hydrogen-bond donors (Lipinski definition) is 0. The summed E-state index contributed by atoms with van der Waals surface area (Å²) in [6.07, 6.45) is 15.0. The smallest absolute Gasteiger partial charge is 0.213 e. The van der Waals surface area contributed by atoms with Crippen LogP contribution < -0.4 is 10.9 Å². The lowest BCUT2D eigenvalue weighted by Gasteiger charge is -2.17. The summed E-state index contributed by atoms with van der Waals surface area (Å²) >= 11 is 11.3. The molecule has 0 radical (unpaired) electrons. The number of aryl methyl sites for hydroxylation is 1. The maximum Gasteiger partial charge on any atom is 0.213 e. The highest BCUT2D eigenvalue weighted by molar-refractivity contribution is 6.85. The van der Waals surface area contributed by atoms with Gasteiger partial charge in [0.15, 0.2) is 0 Å². The number of hydrogen-bond acceptors (Lipinski definition) is 1. The van der Waals surface area contributed by atoms with E-state index in [1.165, 1.54) is 53.4 Å². The molecule has 1 aromatic heterocycles. The van der Waals surface area contributed by atoms with Crippen molar-refractivity contribution < 1.29 is 0 Å². The summed E-state index contributed by atoms with van der Waals surface area (Å²) in [7, 11) is 0. The van der Waals surface area contributed by atoms with Crippen LogP contribution in [-0.2, 0) is 13.0 Å². The Morgan fingerprint density at radius 3 is 1.97 bits per heavy atom. The normalized spacial score (nSPS) is 11.5. The van der Waals surface area contributed by atoms with Gasteiger partial charge in [-0.05, 0) is 47.7 Å². The van der Waals surface area contributed by atoms with E-state index in [0.29, 0.717) is 18.5 Å². The van der Waals surface area contributed by atoms with E-state index in [2.05, 4.69) is 98.8 Å². The quantitative estimate of drug-likeness (QED) is 0.153. The van der Waals surface area contributed by atoms with Crippen LogP contribution in [0, 0.1) is 0 Å². The van der Waals surface area contributed by atoms with Crippen LogP contribution in [0.25, 0.3) is 0 Å². The summed E-state index contributed by atoms with van der Waals surface area (Å²) in [5.41, 5.74) is 10.0. The molecule has 0 saturated carbocycles. The molecule has 3 aromatic rings. The lowest BCUT2D eigenvalue weighted by atomic mass is 9.38. The monoisotopic (exact) mass is 550 g/mol. The number of benzene rings is 2. The molecule has 0 amide bonds. The van der Waals surface area contributed by atoms with E-state index in [0.717, 1.165) is 19.3 Å². The predicted octanol–water partition coefficient (Wildman–Crippen LogP) is 9.05. The molecule has 204 valence electrons. The second-order valence-electron chi connectivity index (χ2n) is 10.5. The zero-order valence-corrected chi connectivity index (χ0v) is 25.4. The van der Waals surface area contributed by atoms with Crippen molar-refractivity contribution in [3.8, 4) is 0 Å². The van der Waals surface area contributed by atoms with Gasteiger partial charge in [-0.3, -0.25) is 0 Å². The first kappa shape index (κ1) is 32.0. The Hall–Kier alpha value is -2.23. The average molecular weight is 551 g/mol. The van der Waals surface area contributed by atoms with Crippen molar-refractivity contribution >= 4 is 40.8 Å². The van der Waals surface area contributed by atoms with Crippen LogP contribution >= 0.6 is 23.2 Å². The van der Waals surface area contributed by atoms with E-state index >= 15 is 0 Å². The Morgan fingerprint density at radius 2 is 1.45 bits per heavy atom. The Bertz CT molecular complexity index is 1070. The lowest BCUT2D eigenvalue weighted by molar-refractivity contribution is 0.641. The Kier molecular flexibility index (Phi) is 15.3. The van der Waals surface area contributed by atoms with Gasteiger partial charge < -0.3 is 4.57 Å². The van der Waals surface area contributed by atoms with Crippen molar-refractivity contribution in [3.63, 3.8) is 0 Å². The highest BCUT2D eigenvalue weighted by Crippen LogP contribution is 2.15. The SMILES string of the molecule is CC(C)c1cccc(B(CC=CCl)c2cccc(C(C)C)c2)c1.CCCCCCc1cncn1CC=CCl. The molecule has 38 heavy (non-hydrogen) atoms. The maximum absolute atomic E-state index is 5.80. The number of nitrogens with zero attached hydrogens (tertiary/aromatic N) is 2. The van der Waals surface area contributed by atoms with Crippen molar-refractivity contribution in [1.29, 1.82) is 0 Å². The van der Waals surface area contributed by atoms with Crippen LogP contribution in [0.15, 0.2) is 84.3 Å². The molecule has 0 spiro atoms. The van der Waals surface area contributed by atoms with E-state index in [1.807, 2.05) is 18.6 Å². The van der Waals surface area contributed by atoms with Crippen molar-refractivity contribution in [2.45, 2.75) is 91.4 Å². The standard InChI is InChI=1S/C21H26BCl.C12H19ClN2/c1-16(2)18-8-5-10-20(14-18)22(12-7-13-23)21-11-6-9-19(15-21)17(3)4;1-2-3-4-5-7-12-10-14-11-15(12)9-6-8-13/h5-11,13-17H,12H2,1-4H3;6,8,10-11H,2-5,7,9H2,1H3. The molecule has 0 N–H and O–H groups in total. The van der Waals surface area contributed by atoms with Gasteiger partial charge in [0.05, 0.1) is 6.33 Å². The van der Waals surface area contributed by atoms with Gasteiger partial charge in [-0.25, -0.2) is 4.98 Å². The summed E-state index contributed by atoms with van der Waals surface area (Å²) in [6.45, 7) is 12.4. The molecule has 0 fully saturated rings. The summed E-state index contributed by atoms with van der Waals surface area (Å²) in [5, 5.41) is 0. The van der Waals surface area contributed by atoms with Crippen LogP contribution in [0.3, 0.4) is 0 Å². The van der Waals surface area contributed by atoms with Gasteiger partial charge in [0.2, 0.25) is 6.71 Å². The minimum absolute atomic E-state index is 0.349. The molecule has 1 heterocycles. The molecule has 0 saturated heterocycles. The highest BCUT2D eigenvalue weighted by atomic mass is 35.5. The van der Waals surface area contributed by atoms with Crippen molar-refractivity contribution in [2.75, 3.05) is 0 Å². The molecule has 0 aliphatic heterocycles. The zero-order valence-electron chi connectivity index (χ0n) is 23.9. The molecule has 0 aliphatic rings. The summed E-state index contributed by atoms with van der Waals surface area (Å²) < 4.78 is 2.14. The summed E-state index contributed by atoms with van der Waals surface area (Å²) in [4.78, 5) is 4.16. The van der Waals surface area contributed by atoms with E-state index < -0.39 is 0 Å². The van der Waals surface area contributed by atoms with Crippen LogP contribution in [-0.4, -0.2) is 16.3 Å².